The van der Waals surface area contributed by atoms with E-state index < -0.39 is 0 Å². The molecule has 0 bridgehead atoms. The van der Waals surface area contributed by atoms with Crippen molar-refractivity contribution in [2.24, 2.45) is 0 Å². The summed E-state index contributed by atoms with van der Waals surface area (Å²) in [4.78, 5) is 0. The van der Waals surface area contributed by atoms with Crippen LogP contribution in [0.4, 0.5) is 20.2 Å². The van der Waals surface area contributed by atoms with E-state index in [1.807, 2.05) is 6.92 Å². The average Bonchev–Trinajstić information content (AvgIpc) is 2.32. The molecular formula is C14H14F2N2. The first kappa shape index (κ1) is 12.4. The molecule has 0 atom stereocenters. The van der Waals surface area contributed by atoms with Crippen molar-refractivity contribution in [1.82, 2.24) is 0 Å². The van der Waals surface area contributed by atoms with E-state index in [0.717, 1.165) is 16.8 Å². The number of hydrogen-bond donors (Lipinski definition) is 2. The highest BCUT2D eigenvalue weighted by atomic mass is 19.1. The van der Waals surface area contributed by atoms with Crippen LogP contribution >= 0.6 is 0 Å². The summed E-state index contributed by atoms with van der Waals surface area (Å²) in [5.41, 5.74) is 8.96. The van der Waals surface area contributed by atoms with Gasteiger partial charge in [0.1, 0.15) is 11.6 Å². The predicted molar refractivity (Wildman–Crippen MR) is 69.5 cm³/mol. The van der Waals surface area contributed by atoms with Crippen molar-refractivity contribution in [2.75, 3.05) is 10.9 Å². The van der Waals surface area contributed by atoms with Crippen molar-refractivity contribution in [3.8, 4) is 0 Å². The van der Waals surface area contributed by atoms with E-state index in [1.165, 1.54) is 24.3 Å². The van der Waals surface area contributed by atoms with Gasteiger partial charge in [0, 0.05) is 0 Å². The molecule has 0 aliphatic rings. The largest absolute Gasteiger partial charge is 0.301 e. The minimum Gasteiger partial charge on any atom is -0.301 e. The molecule has 0 unspecified atom stereocenters. The molecule has 0 radical (unpaired) electrons. The first-order valence-corrected chi connectivity index (χ1v) is 5.60. The quantitative estimate of drug-likeness (QED) is 0.802. The summed E-state index contributed by atoms with van der Waals surface area (Å²) < 4.78 is 26.0. The zero-order valence-corrected chi connectivity index (χ0v) is 10.2. The molecule has 0 aliphatic heterocycles. The van der Waals surface area contributed by atoms with Gasteiger partial charge in [0.15, 0.2) is 0 Å². The molecule has 4 heteroatoms. The summed E-state index contributed by atoms with van der Waals surface area (Å²) >= 11 is 0. The van der Waals surface area contributed by atoms with Gasteiger partial charge >= 0.3 is 0 Å². The van der Waals surface area contributed by atoms with Gasteiger partial charge in [-0.15, -0.1) is 0 Å². The monoisotopic (exact) mass is 248 g/mol. The average molecular weight is 248 g/mol. The highest BCUT2D eigenvalue weighted by molar-refractivity contribution is 5.58. The second kappa shape index (κ2) is 5.04. The third-order valence-electron chi connectivity index (χ3n) is 2.72. The molecule has 0 fully saturated rings. The second-order valence-electron chi connectivity index (χ2n) is 4.17. The highest BCUT2D eigenvalue weighted by Crippen LogP contribution is 2.19. The number of halogens is 2. The maximum Gasteiger partial charge on any atom is 0.125 e. The molecule has 0 spiro atoms. The zero-order chi connectivity index (χ0) is 13.1. The third kappa shape index (κ3) is 2.77. The standard InChI is InChI=1S/C14H14F2N2/c1-9-3-4-12(16)8-14(9)18-17-13-6-5-11(15)7-10(13)2/h3-8,17-18H,1-2H3. The number of aryl methyl sites for hydroxylation is 2. The Bertz CT molecular complexity index is 568. The van der Waals surface area contributed by atoms with Gasteiger partial charge in [0.25, 0.3) is 0 Å². The number of rotatable bonds is 3. The molecule has 2 N–H and O–H groups in total. The van der Waals surface area contributed by atoms with Crippen LogP contribution in [0, 0.1) is 25.5 Å². The van der Waals surface area contributed by atoms with Crippen LogP contribution in [0.5, 0.6) is 0 Å². The molecule has 0 saturated heterocycles. The molecule has 18 heavy (non-hydrogen) atoms. The smallest absolute Gasteiger partial charge is 0.125 e. The molecule has 2 nitrogen and oxygen atoms in total. The summed E-state index contributed by atoms with van der Waals surface area (Å²) in [6.07, 6.45) is 0. The molecule has 2 aromatic carbocycles. The molecule has 94 valence electrons. The summed E-state index contributed by atoms with van der Waals surface area (Å²) in [7, 11) is 0. The molecule has 0 aliphatic carbocycles. The van der Waals surface area contributed by atoms with E-state index in [-0.39, 0.29) is 11.6 Å². The molecule has 0 amide bonds. The summed E-state index contributed by atoms with van der Waals surface area (Å²) in [5.74, 6) is -0.583. The van der Waals surface area contributed by atoms with Crippen LogP contribution < -0.4 is 10.9 Å². The molecule has 2 aromatic rings. The maximum absolute atomic E-state index is 13.1. The van der Waals surface area contributed by atoms with Gasteiger partial charge < -0.3 is 10.9 Å². The van der Waals surface area contributed by atoms with Gasteiger partial charge in [-0.2, -0.15) is 0 Å². The van der Waals surface area contributed by atoms with Crippen LogP contribution in [0.2, 0.25) is 0 Å². The number of anilines is 2. The fourth-order valence-corrected chi connectivity index (χ4v) is 1.63. The number of hydrogen-bond acceptors (Lipinski definition) is 2. The van der Waals surface area contributed by atoms with Crippen molar-refractivity contribution < 1.29 is 8.78 Å². The van der Waals surface area contributed by atoms with Crippen LogP contribution in [0.25, 0.3) is 0 Å². The van der Waals surface area contributed by atoms with Crippen molar-refractivity contribution >= 4 is 11.4 Å². The lowest BCUT2D eigenvalue weighted by molar-refractivity contribution is 0.627. The van der Waals surface area contributed by atoms with Gasteiger partial charge in [-0.05, 0) is 55.3 Å². The minimum absolute atomic E-state index is 0.278. The van der Waals surface area contributed by atoms with E-state index in [9.17, 15) is 8.78 Å². The number of nitrogens with one attached hydrogen (secondary N) is 2. The molecule has 0 aromatic heterocycles. The predicted octanol–water partition coefficient (Wildman–Crippen LogP) is 4.02. The number of hydrazine groups is 1. The van der Waals surface area contributed by atoms with Crippen molar-refractivity contribution in [3.05, 3.63) is 59.2 Å². The normalized spacial score (nSPS) is 10.2. The van der Waals surface area contributed by atoms with Crippen LogP contribution in [-0.2, 0) is 0 Å². The van der Waals surface area contributed by atoms with E-state index in [4.69, 9.17) is 0 Å². The zero-order valence-electron chi connectivity index (χ0n) is 10.2. The van der Waals surface area contributed by atoms with Crippen molar-refractivity contribution in [2.45, 2.75) is 13.8 Å². The molecule has 2 rings (SSSR count). The van der Waals surface area contributed by atoms with Gasteiger partial charge in [0.05, 0.1) is 11.4 Å². The van der Waals surface area contributed by atoms with E-state index >= 15 is 0 Å². The third-order valence-corrected chi connectivity index (χ3v) is 2.72. The van der Waals surface area contributed by atoms with Crippen LogP contribution in [-0.4, -0.2) is 0 Å². The Labute approximate surface area is 105 Å². The minimum atomic E-state index is -0.305. The highest BCUT2D eigenvalue weighted by Gasteiger charge is 2.02. The Morgan fingerprint density at radius 3 is 2.06 bits per heavy atom. The summed E-state index contributed by atoms with van der Waals surface area (Å²) in [5, 5.41) is 0. The van der Waals surface area contributed by atoms with Gasteiger partial charge in [-0.25, -0.2) is 8.78 Å². The first-order valence-electron chi connectivity index (χ1n) is 5.60. The van der Waals surface area contributed by atoms with E-state index in [0.29, 0.717) is 5.69 Å². The van der Waals surface area contributed by atoms with Crippen LogP contribution in [0.3, 0.4) is 0 Å². The summed E-state index contributed by atoms with van der Waals surface area (Å²) in [6.45, 7) is 3.67. The molecule has 0 heterocycles. The fourth-order valence-electron chi connectivity index (χ4n) is 1.63. The lowest BCUT2D eigenvalue weighted by Crippen LogP contribution is -2.11. The second-order valence-corrected chi connectivity index (χ2v) is 4.17. The fraction of sp³-hybridized carbons (Fsp3) is 0.143. The van der Waals surface area contributed by atoms with Crippen LogP contribution in [0.15, 0.2) is 36.4 Å². The Balaban J connectivity index is 2.13. The summed E-state index contributed by atoms with van der Waals surface area (Å²) in [6, 6.07) is 8.94. The Morgan fingerprint density at radius 1 is 0.722 bits per heavy atom. The SMILES string of the molecule is Cc1cc(F)ccc1NNc1cc(F)ccc1C. The van der Waals surface area contributed by atoms with Gasteiger partial charge in [-0.1, -0.05) is 6.07 Å². The molecule has 0 saturated carbocycles. The first-order chi connectivity index (χ1) is 8.56. The Kier molecular flexibility index (Phi) is 3.46. The number of benzene rings is 2. The van der Waals surface area contributed by atoms with Crippen molar-refractivity contribution in [3.63, 3.8) is 0 Å². The van der Waals surface area contributed by atoms with E-state index in [2.05, 4.69) is 10.9 Å². The lowest BCUT2D eigenvalue weighted by atomic mass is 10.2. The lowest BCUT2D eigenvalue weighted by Gasteiger charge is -2.14. The van der Waals surface area contributed by atoms with E-state index in [1.54, 1.807) is 19.1 Å². The topological polar surface area (TPSA) is 24.1 Å². The molecular weight excluding hydrogens is 234 g/mol. The van der Waals surface area contributed by atoms with Gasteiger partial charge in [-0.3, -0.25) is 0 Å². The maximum atomic E-state index is 13.1. The van der Waals surface area contributed by atoms with Crippen molar-refractivity contribution in [1.29, 1.82) is 0 Å². The Morgan fingerprint density at radius 2 is 1.33 bits per heavy atom. The van der Waals surface area contributed by atoms with Crippen LogP contribution in [0.1, 0.15) is 11.1 Å². The van der Waals surface area contributed by atoms with Gasteiger partial charge in [0.2, 0.25) is 0 Å². The Hall–Kier alpha value is -2.10.